The predicted molar refractivity (Wildman–Crippen MR) is 73.0 cm³/mol. The monoisotopic (exact) mass is 299 g/mol. The van der Waals surface area contributed by atoms with E-state index in [9.17, 15) is 5.11 Å². The number of aliphatic hydroxyl groups excluding tert-OH is 1. The molecular weight excluding hydrogens is 282 g/mol. The molecule has 4 heteroatoms. The number of ether oxygens (including phenoxy) is 1. The summed E-state index contributed by atoms with van der Waals surface area (Å²) >= 11 is 3.24. The van der Waals surface area contributed by atoms with Crippen molar-refractivity contribution < 1.29 is 9.84 Å². The molecule has 1 aromatic carbocycles. The number of rotatable bonds is 8. The molecule has 1 unspecified atom stereocenters. The molecule has 2 N–H and O–H groups in total. The van der Waals surface area contributed by atoms with Gasteiger partial charge in [0.15, 0.2) is 0 Å². The van der Waals surface area contributed by atoms with E-state index in [0.717, 1.165) is 10.0 Å². The normalized spacial score (nSPS) is 12.4. The molecule has 17 heavy (non-hydrogen) atoms. The molecular formula is C13H18BrNO2. The molecule has 0 aliphatic carbocycles. The number of hydrogen-bond donors (Lipinski definition) is 2. The zero-order valence-electron chi connectivity index (χ0n) is 9.73. The molecule has 1 atom stereocenters. The van der Waals surface area contributed by atoms with E-state index in [0.29, 0.717) is 26.3 Å². The first-order valence-corrected chi connectivity index (χ1v) is 6.31. The maximum absolute atomic E-state index is 9.61. The summed E-state index contributed by atoms with van der Waals surface area (Å²) < 4.78 is 6.29. The minimum atomic E-state index is -0.495. The fourth-order valence-corrected chi connectivity index (χ4v) is 1.52. The van der Waals surface area contributed by atoms with Crippen LogP contribution in [0.3, 0.4) is 0 Å². The summed E-state index contributed by atoms with van der Waals surface area (Å²) in [5, 5.41) is 12.7. The third kappa shape index (κ3) is 7.28. The average molecular weight is 300 g/mol. The topological polar surface area (TPSA) is 41.5 Å². The quantitative estimate of drug-likeness (QED) is 0.772. The summed E-state index contributed by atoms with van der Waals surface area (Å²) in [5.74, 6) is 0. The van der Waals surface area contributed by atoms with Gasteiger partial charge in [-0.25, -0.2) is 0 Å². The standard InChI is InChI=1S/C13H18BrNO2/c1-11(14)7-15-8-13(16)10-17-9-12-5-3-2-4-6-12/h2-6,13,15-16H,1,7-10H2. The van der Waals surface area contributed by atoms with Crippen LogP contribution in [-0.4, -0.2) is 30.9 Å². The van der Waals surface area contributed by atoms with Gasteiger partial charge in [0.2, 0.25) is 0 Å². The molecule has 3 nitrogen and oxygen atoms in total. The van der Waals surface area contributed by atoms with Gasteiger partial charge in [-0.05, 0) is 5.56 Å². The third-order valence-electron chi connectivity index (χ3n) is 2.12. The highest BCUT2D eigenvalue weighted by molar-refractivity contribution is 9.11. The lowest BCUT2D eigenvalue weighted by atomic mass is 10.2. The van der Waals surface area contributed by atoms with E-state index in [1.807, 2.05) is 30.3 Å². The second-order valence-electron chi connectivity index (χ2n) is 3.80. The molecule has 1 aromatic rings. The van der Waals surface area contributed by atoms with E-state index in [-0.39, 0.29) is 0 Å². The molecule has 0 aliphatic heterocycles. The Bertz CT molecular complexity index is 329. The molecule has 0 spiro atoms. The second kappa shape index (κ2) is 8.42. The number of hydrogen-bond acceptors (Lipinski definition) is 3. The fourth-order valence-electron chi connectivity index (χ4n) is 1.32. The van der Waals surface area contributed by atoms with Crippen LogP contribution in [0, 0.1) is 0 Å². The minimum Gasteiger partial charge on any atom is -0.389 e. The lowest BCUT2D eigenvalue weighted by Gasteiger charge is -2.12. The predicted octanol–water partition coefficient (Wildman–Crippen LogP) is 2.06. The van der Waals surface area contributed by atoms with Crippen LogP contribution >= 0.6 is 15.9 Å². The van der Waals surface area contributed by atoms with E-state index in [2.05, 4.69) is 27.8 Å². The molecule has 0 radical (unpaired) electrons. The molecule has 0 fully saturated rings. The Morgan fingerprint density at radius 1 is 1.41 bits per heavy atom. The zero-order valence-corrected chi connectivity index (χ0v) is 11.3. The molecule has 0 amide bonds. The summed E-state index contributed by atoms with van der Waals surface area (Å²) in [6, 6.07) is 9.91. The minimum absolute atomic E-state index is 0.330. The maximum Gasteiger partial charge on any atom is 0.0897 e. The number of halogens is 1. The number of nitrogens with one attached hydrogen (secondary N) is 1. The summed E-state index contributed by atoms with van der Waals surface area (Å²) in [7, 11) is 0. The Hall–Kier alpha value is -0.680. The zero-order chi connectivity index (χ0) is 12.5. The van der Waals surface area contributed by atoms with Crippen molar-refractivity contribution in [2.45, 2.75) is 12.7 Å². The van der Waals surface area contributed by atoms with E-state index >= 15 is 0 Å². The number of aliphatic hydroxyl groups is 1. The van der Waals surface area contributed by atoms with E-state index < -0.39 is 6.10 Å². The Kier molecular flexibility index (Phi) is 7.12. The SMILES string of the molecule is C=C(Br)CNCC(O)COCc1ccccc1. The van der Waals surface area contributed by atoms with Crippen molar-refractivity contribution in [3.05, 3.63) is 47.0 Å². The lowest BCUT2D eigenvalue weighted by Crippen LogP contribution is -2.30. The van der Waals surface area contributed by atoms with Crippen LogP contribution in [0.2, 0.25) is 0 Å². The summed E-state index contributed by atoms with van der Waals surface area (Å²) in [6.07, 6.45) is -0.495. The maximum atomic E-state index is 9.61. The molecule has 94 valence electrons. The van der Waals surface area contributed by atoms with Gasteiger partial charge in [0.05, 0.1) is 19.3 Å². The van der Waals surface area contributed by atoms with Crippen molar-refractivity contribution in [3.63, 3.8) is 0 Å². The molecule has 0 saturated heterocycles. The summed E-state index contributed by atoms with van der Waals surface area (Å²) in [4.78, 5) is 0. The van der Waals surface area contributed by atoms with Crippen LogP contribution < -0.4 is 5.32 Å². The fraction of sp³-hybridized carbons (Fsp3) is 0.385. The van der Waals surface area contributed by atoms with Crippen LogP contribution in [-0.2, 0) is 11.3 Å². The summed E-state index contributed by atoms with van der Waals surface area (Å²) in [6.45, 7) is 5.70. The first-order chi connectivity index (χ1) is 8.18. The highest BCUT2D eigenvalue weighted by Crippen LogP contribution is 2.01. The van der Waals surface area contributed by atoms with Crippen LogP contribution in [0.5, 0.6) is 0 Å². The summed E-state index contributed by atoms with van der Waals surface area (Å²) in [5.41, 5.74) is 1.11. The molecule has 0 bridgehead atoms. The van der Waals surface area contributed by atoms with Gasteiger partial charge in [0.25, 0.3) is 0 Å². The Balaban J connectivity index is 2.08. The van der Waals surface area contributed by atoms with Crippen molar-refractivity contribution >= 4 is 15.9 Å². The van der Waals surface area contributed by atoms with Crippen molar-refractivity contribution in [1.29, 1.82) is 0 Å². The Labute approximate surface area is 111 Å². The smallest absolute Gasteiger partial charge is 0.0897 e. The average Bonchev–Trinajstić information content (AvgIpc) is 2.30. The van der Waals surface area contributed by atoms with Crippen molar-refractivity contribution in [2.24, 2.45) is 0 Å². The molecule has 0 heterocycles. The van der Waals surface area contributed by atoms with Gasteiger partial charge in [-0.1, -0.05) is 52.8 Å². The largest absolute Gasteiger partial charge is 0.389 e. The highest BCUT2D eigenvalue weighted by Gasteiger charge is 2.03. The highest BCUT2D eigenvalue weighted by atomic mass is 79.9. The van der Waals surface area contributed by atoms with Crippen molar-refractivity contribution in [3.8, 4) is 0 Å². The van der Waals surface area contributed by atoms with Crippen molar-refractivity contribution in [1.82, 2.24) is 5.32 Å². The number of benzene rings is 1. The lowest BCUT2D eigenvalue weighted by molar-refractivity contribution is 0.0293. The third-order valence-corrected chi connectivity index (χ3v) is 2.40. The molecule has 1 rings (SSSR count). The van der Waals surface area contributed by atoms with E-state index in [4.69, 9.17) is 4.74 Å². The Morgan fingerprint density at radius 2 is 2.12 bits per heavy atom. The van der Waals surface area contributed by atoms with Gasteiger partial charge in [0, 0.05) is 17.6 Å². The van der Waals surface area contributed by atoms with Gasteiger partial charge in [0.1, 0.15) is 0 Å². The molecule has 0 aliphatic rings. The van der Waals surface area contributed by atoms with Gasteiger partial charge in [-0.3, -0.25) is 0 Å². The molecule has 0 aromatic heterocycles. The van der Waals surface area contributed by atoms with Gasteiger partial charge in [-0.2, -0.15) is 0 Å². The van der Waals surface area contributed by atoms with Crippen molar-refractivity contribution in [2.75, 3.05) is 19.7 Å². The van der Waals surface area contributed by atoms with Crippen LogP contribution in [0.25, 0.3) is 0 Å². The Morgan fingerprint density at radius 3 is 2.76 bits per heavy atom. The molecule has 0 saturated carbocycles. The van der Waals surface area contributed by atoms with Gasteiger partial charge >= 0.3 is 0 Å². The van der Waals surface area contributed by atoms with Gasteiger partial charge < -0.3 is 15.2 Å². The van der Waals surface area contributed by atoms with E-state index in [1.54, 1.807) is 0 Å². The van der Waals surface area contributed by atoms with E-state index in [1.165, 1.54) is 0 Å². The second-order valence-corrected chi connectivity index (χ2v) is 4.92. The first kappa shape index (κ1) is 14.4. The van der Waals surface area contributed by atoms with Gasteiger partial charge in [-0.15, -0.1) is 0 Å². The first-order valence-electron chi connectivity index (χ1n) is 5.52. The van der Waals surface area contributed by atoms with Crippen LogP contribution in [0.1, 0.15) is 5.56 Å². The van der Waals surface area contributed by atoms with Crippen LogP contribution in [0.15, 0.2) is 41.4 Å². The van der Waals surface area contributed by atoms with Crippen LogP contribution in [0.4, 0.5) is 0 Å².